The minimum Gasteiger partial charge on any atom is -0.385 e. The van der Waals surface area contributed by atoms with E-state index in [-0.39, 0.29) is 17.8 Å². The lowest BCUT2D eigenvalue weighted by Gasteiger charge is -1.95. The normalized spacial score (nSPS) is 9.48. The predicted octanol–water partition coefficient (Wildman–Crippen LogP) is 4.87. The van der Waals surface area contributed by atoms with Gasteiger partial charge in [0.1, 0.15) is 16.8 Å². The molecule has 0 aliphatic rings. The zero-order chi connectivity index (χ0) is 43.9. The van der Waals surface area contributed by atoms with Crippen LogP contribution in [0.2, 0.25) is 10.3 Å². The Morgan fingerprint density at radius 1 is 0.607 bits per heavy atom. The second-order valence-electron chi connectivity index (χ2n) is 9.36. The summed E-state index contributed by atoms with van der Waals surface area (Å²) in [6.45, 7) is 0. The number of nitrogen functional groups attached to an aromatic ring is 3. The molecule has 5 rings (SSSR count). The molecule has 0 aliphatic carbocycles. The molecule has 0 saturated heterocycles. The molecular weight excluding hydrogens is 882 g/mol. The number of aromatic nitrogens is 5. The van der Waals surface area contributed by atoms with Gasteiger partial charge >= 0.3 is 30.3 Å². The molecule has 318 valence electrons. The molecule has 31 heteroatoms. The van der Waals surface area contributed by atoms with Gasteiger partial charge in [-0.05, 0) is 57.8 Å². The maximum atomic E-state index is 10.2. The van der Waals surface area contributed by atoms with Crippen molar-refractivity contribution < 1.29 is 46.1 Å². The molecule has 0 fully saturated rings. The Kier molecular flexibility index (Phi) is 28.9. The average Bonchev–Trinajstić information content (AvgIpc) is 3.85. The van der Waals surface area contributed by atoms with E-state index in [0.29, 0.717) is 22.6 Å². The number of nitrogens with zero attached hydrogens (tertiary/aromatic N) is 8. The van der Waals surface area contributed by atoms with E-state index in [1.807, 2.05) is 73.1 Å². The third-order valence-electron chi connectivity index (χ3n) is 5.38. The first kappa shape index (κ1) is 57.5. The van der Waals surface area contributed by atoms with Gasteiger partial charge in [0.05, 0.1) is 14.1 Å². The molecule has 5 heterocycles. The van der Waals surface area contributed by atoms with Gasteiger partial charge in [-0.15, -0.1) is 10.1 Å². The van der Waals surface area contributed by atoms with Crippen LogP contribution in [0.4, 0.5) is 29.1 Å². The van der Waals surface area contributed by atoms with Crippen molar-refractivity contribution in [2.45, 2.75) is 0 Å². The SMILES string of the molecule is Cn1c(Cl)ccc1[N+](=O)[O-].Cn1c(N)ccc1N.Cn1c(N)ccc1[N+](=O)[O-].Cn1cccc1.Cn1cccc1Cl.N.O=S(=O)(Cl)Cl.O=S(=O)(O)O.O=[N+]([O-])O. The Labute approximate surface area is 338 Å². The van der Waals surface area contributed by atoms with Gasteiger partial charge in [0.2, 0.25) is 0 Å². The molecule has 0 aliphatic heterocycles. The monoisotopic (exact) mass is 920 g/mol. The second kappa shape index (κ2) is 28.2. The van der Waals surface area contributed by atoms with Crippen LogP contribution in [0.1, 0.15) is 0 Å². The Balaban J connectivity index is -0.000000281. The molecule has 25 nitrogen and oxygen atoms in total. The van der Waals surface area contributed by atoms with E-state index in [1.54, 1.807) is 30.8 Å². The number of hydrogen-bond acceptors (Lipinski definition) is 14. The Morgan fingerprint density at radius 3 is 1.05 bits per heavy atom. The molecule has 0 radical (unpaired) electrons. The van der Waals surface area contributed by atoms with Crippen LogP contribution < -0.4 is 23.4 Å². The molecule has 5 aromatic heterocycles. The maximum Gasteiger partial charge on any atom is 0.394 e. The van der Waals surface area contributed by atoms with E-state index in [0.717, 1.165) is 5.15 Å². The van der Waals surface area contributed by atoms with Crippen LogP contribution in [0.5, 0.6) is 0 Å². The highest BCUT2D eigenvalue weighted by atomic mass is 36.0. The number of nitrogens with two attached hydrogens (primary N) is 3. The maximum absolute atomic E-state index is 10.2. The van der Waals surface area contributed by atoms with Gasteiger partial charge in [-0.1, -0.05) is 11.6 Å². The van der Waals surface area contributed by atoms with Crippen molar-refractivity contribution >= 4 is 92.3 Å². The number of nitro groups is 2. The summed E-state index contributed by atoms with van der Waals surface area (Å²) in [6.07, 6.45) is 5.91. The summed E-state index contributed by atoms with van der Waals surface area (Å²) in [6, 6.07) is 17.0. The highest BCUT2D eigenvalue weighted by Crippen LogP contribution is 2.18. The van der Waals surface area contributed by atoms with Crippen LogP contribution >= 0.6 is 44.6 Å². The molecule has 0 spiro atoms. The second-order valence-corrected chi connectivity index (χ2v) is 14.7. The molecule has 12 N–H and O–H groups in total. The number of aryl methyl sites for hydroxylation is 2. The Bertz CT molecular complexity index is 1980. The minimum atomic E-state index is -4.67. The Hall–Kier alpha value is -5.26. The van der Waals surface area contributed by atoms with E-state index >= 15 is 0 Å². The lowest BCUT2D eigenvalue weighted by atomic mass is 10.6. The van der Waals surface area contributed by atoms with Gasteiger partial charge in [-0.25, -0.2) is 9.13 Å². The zero-order valence-electron chi connectivity index (χ0n) is 29.8. The molecule has 0 amide bonds. The van der Waals surface area contributed by atoms with Gasteiger partial charge in [0.15, 0.2) is 11.0 Å². The summed E-state index contributed by atoms with van der Waals surface area (Å²) < 4.78 is 58.1. The summed E-state index contributed by atoms with van der Waals surface area (Å²) in [4.78, 5) is 27.7. The summed E-state index contributed by atoms with van der Waals surface area (Å²) in [5, 5.41) is 35.1. The fourth-order valence-corrected chi connectivity index (χ4v) is 3.04. The number of halogens is 4. The first-order valence-corrected chi connectivity index (χ1v) is 18.9. The Morgan fingerprint density at radius 2 is 0.929 bits per heavy atom. The van der Waals surface area contributed by atoms with Crippen LogP contribution in [0.3, 0.4) is 0 Å². The fourth-order valence-electron chi connectivity index (χ4n) is 2.76. The van der Waals surface area contributed by atoms with Crippen LogP contribution in [-0.4, -0.2) is 68.9 Å². The van der Waals surface area contributed by atoms with Gasteiger partial charge in [0, 0.05) is 85.4 Å². The van der Waals surface area contributed by atoms with Gasteiger partial charge in [-0.2, -0.15) is 16.8 Å². The predicted molar refractivity (Wildman–Crippen MR) is 212 cm³/mol. The lowest BCUT2D eigenvalue weighted by Crippen LogP contribution is -2.00. The van der Waals surface area contributed by atoms with E-state index in [4.69, 9.17) is 81.7 Å². The fraction of sp³-hybridized carbons (Fsp3) is 0.200. The van der Waals surface area contributed by atoms with Gasteiger partial charge < -0.3 is 62.5 Å². The highest BCUT2D eigenvalue weighted by Gasteiger charge is 2.12. The summed E-state index contributed by atoms with van der Waals surface area (Å²) >= 11 is 11.1. The quantitative estimate of drug-likeness (QED) is 0.0537. The number of rotatable bonds is 2. The molecule has 0 atom stereocenters. The van der Waals surface area contributed by atoms with Crippen molar-refractivity contribution in [1.82, 2.24) is 29.0 Å². The highest BCUT2D eigenvalue weighted by molar-refractivity contribution is 8.31. The number of hydrogen-bond donors (Lipinski definition) is 7. The summed E-state index contributed by atoms with van der Waals surface area (Å²) in [7, 11) is 8.97. The first-order chi connectivity index (χ1) is 24.9. The third-order valence-corrected chi connectivity index (χ3v) is 6.15. The lowest BCUT2D eigenvalue weighted by molar-refractivity contribution is -0.742. The van der Waals surface area contributed by atoms with Crippen LogP contribution in [0, 0.1) is 30.3 Å². The van der Waals surface area contributed by atoms with Crippen molar-refractivity contribution in [3.8, 4) is 0 Å². The van der Waals surface area contributed by atoms with Crippen molar-refractivity contribution in [3.63, 3.8) is 0 Å². The van der Waals surface area contributed by atoms with E-state index in [9.17, 15) is 20.2 Å². The standard InChI is InChI=1S/C5H5ClN2O2.C5H6ClN.C5H7N3O2.C5H9N3.C5H7N.Cl2O2S.HNO3.H3N.H2O4S/c1-7-4(6)2-3-5(7)8(9)10;1-7-4-2-3-5(7)6;1-7-4(6)2-3-5(7)8(9)10;1-8-4(6)2-3-5(8)7;1-6-4-2-3-5-6;1-5(2,3)4;2-1(3)4;;1-5(2,3)4/h2-3H,1H3;2-4H,1H3;2-3H,6H2,1H3;2-3H,6-7H2,1H3;2-5H,1H3;;(H,2,3,4);1H3;(H2,1,2,3,4). The largest absolute Gasteiger partial charge is 0.394 e. The summed E-state index contributed by atoms with van der Waals surface area (Å²) in [5.41, 5.74) is 16.2. The van der Waals surface area contributed by atoms with Crippen molar-refractivity contribution in [2.24, 2.45) is 35.2 Å². The van der Waals surface area contributed by atoms with Crippen LogP contribution in [0.25, 0.3) is 0 Å². The zero-order valence-corrected chi connectivity index (χ0v) is 34.4. The molecule has 0 saturated carbocycles. The van der Waals surface area contributed by atoms with Crippen molar-refractivity contribution in [3.05, 3.63) is 120 Å². The first-order valence-electron chi connectivity index (χ1n) is 13.6. The van der Waals surface area contributed by atoms with E-state index in [2.05, 4.69) is 21.4 Å². The van der Waals surface area contributed by atoms with Crippen LogP contribution in [-0.2, 0) is 53.9 Å². The van der Waals surface area contributed by atoms with Gasteiger partial charge in [0.25, 0.3) is 5.09 Å². The third kappa shape index (κ3) is 32.2. The van der Waals surface area contributed by atoms with Crippen molar-refractivity contribution in [1.29, 1.82) is 0 Å². The van der Waals surface area contributed by atoms with E-state index in [1.165, 1.54) is 33.4 Å². The van der Waals surface area contributed by atoms with Crippen LogP contribution in [0.15, 0.2) is 79.3 Å². The van der Waals surface area contributed by atoms with Crippen molar-refractivity contribution in [2.75, 3.05) is 17.2 Å². The molecule has 0 aromatic carbocycles. The molecular formula is C25H40Cl4N12O13S2. The average molecular weight is 923 g/mol. The number of anilines is 3. The topological polar surface area (TPSA) is 396 Å². The van der Waals surface area contributed by atoms with Gasteiger partial charge in [-0.3, -0.25) is 9.11 Å². The molecule has 5 aromatic rings. The molecule has 0 bridgehead atoms. The molecule has 56 heavy (non-hydrogen) atoms. The minimum absolute atomic E-state index is 0. The summed E-state index contributed by atoms with van der Waals surface area (Å²) in [5.74, 6) is 1.80. The molecule has 0 unspecified atom stereocenters. The van der Waals surface area contributed by atoms with E-state index < -0.39 is 33.6 Å². The smallest absolute Gasteiger partial charge is 0.385 e.